The molecule has 1 aromatic heterocycles. The maximum Gasteiger partial charge on any atom is 0.0360 e. The van der Waals surface area contributed by atoms with Crippen molar-refractivity contribution in [3.05, 3.63) is 35.2 Å². The molecule has 0 bridgehead atoms. The molecule has 1 aliphatic heterocycles. The van der Waals surface area contributed by atoms with Crippen LogP contribution in [-0.2, 0) is 0 Å². The zero-order chi connectivity index (χ0) is 11.8. The van der Waals surface area contributed by atoms with Crippen molar-refractivity contribution in [3.8, 4) is 0 Å². The molecular formula is C14H18N2S. The molecule has 0 amide bonds. The molecule has 0 radical (unpaired) electrons. The van der Waals surface area contributed by atoms with Crippen LogP contribution in [0.4, 0.5) is 0 Å². The van der Waals surface area contributed by atoms with Crippen molar-refractivity contribution in [2.75, 3.05) is 13.6 Å². The molecule has 2 nitrogen and oxygen atoms in total. The number of thiophene rings is 1. The van der Waals surface area contributed by atoms with Gasteiger partial charge in [0, 0.05) is 16.8 Å². The van der Waals surface area contributed by atoms with Gasteiger partial charge in [-0.1, -0.05) is 6.07 Å². The van der Waals surface area contributed by atoms with E-state index in [1.165, 1.54) is 15.6 Å². The summed E-state index contributed by atoms with van der Waals surface area (Å²) in [6, 6.07) is 9.87. The van der Waals surface area contributed by atoms with Gasteiger partial charge in [0.1, 0.15) is 0 Å². The first kappa shape index (κ1) is 11.2. The highest BCUT2D eigenvalue weighted by Gasteiger charge is 2.25. The lowest BCUT2D eigenvalue weighted by Crippen LogP contribution is -2.39. The SMILES string of the molecule is CN1CCC(N)CC1c1ccc2sccc2c1. The Labute approximate surface area is 106 Å². The third-order valence-electron chi connectivity index (χ3n) is 3.77. The van der Waals surface area contributed by atoms with Crippen molar-refractivity contribution >= 4 is 21.4 Å². The van der Waals surface area contributed by atoms with Crippen LogP contribution in [0.2, 0.25) is 0 Å². The predicted molar refractivity (Wildman–Crippen MR) is 74.4 cm³/mol. The Morgan fingerprint density at radius 1 is 1.35 bits per heavy atom. The monoisotopic (exact) mass is 246 g/mol. The number of nitrogens with zero attached hydrogens (tertiary/aromatic N) is 1. The van der Waals surface area contributed by atoms with Crippen molar-refractivity contribution in [1.82, 2.24) is 4.90 Å². The molecule has 1 aromatic carbocycles. The molecule has 1 aliphatic rings. The van der Waals surface area contributed by atoms with Crippen LogP contribution in [-0.4, -0.2) is 24.5 Å². The zero-order valence-electron chi connectivity index (χ0n) is 10.1. The molecule has 2 unspecified atom stereocenters. The van der Waals surface area contributed by atoms with Gasteiger partial charge in [0.25, 0.3) is 0 Å². The van der Waals surface area contributed by atoms with E-state index < -0.39 is 0 Å². The molecule has 2 N–H and O–H groups in total. The number of fused-ring (bicyclic) bond motifs is 1. The summed E-state index contributed by atoms with van der Waals surface area (Å²) < 4.78 is 1.37. The van der Waals surface area contributed by atoms with E-state index >= 15 is 0 Å². The maximum absolute atomic E-state index is 6.09. The Kier molecular flexibility index (Phi) is 2.90. The Morgan fingerprint density at radius 3 is 3.12 bits per heavy atom. The first-order valence-corrected chi connectivity index (χ1v) is 7.05. The van der Waals surface area contributed by atoms with Gasteiger partial charge in [-0.3, -0.25) is 4.90 Å². The summed E-state index contributed by atoms with van der Waals surface area (Å²) in [7, 11) is 2.20. The van der Waals surface area contributed by atoms with Crippen LogP contribution in [0.25, 0.3) is 10.1 Å². The third-order valence-corrected chi connectivity index (χ3v) is 4.67. The standard InChI is InChI=1S/C14H18N2S/c1-16-6-4-12(15)9-13(16)10-2-3-14-11(8-10)5-7-17-14/h2-3,5,7-8,12-13H,4,6,9,15H2,1H3. The van der Waals surface area contributed by atoms with Crippen LogP contribution in [0.3, 0.4) is 0 Å². The van der Waals surface area contributed by atoms with Crippen LogP contribution in [0, 0.1) is 0 Å². The molecule has 3 rings (SSSR count). The van der Waals surface area contributed by atoms with E-state index in [2.05, 4.69) is 41.6 Å². The minimum Gasteiger partial charge on any atom is -0.328 e. The fraction of sp³-hybridized carbons (Fsp3) is 0.429. The number of hydrogen-bond acceptors (Lipinski definition) is 3. The summed E-state index contributed by atoms with van der Waals surface area (Å²) in [6.45, 7) is 1.10. The molecule has 2 atom stereocenters. The molecule has 0 spiro atoms. The van der Waals surface area contributed by atoms with E-state index in [4.69, 9.17) is 5.73 Å². The van der Waals surface area contributed by atoms with Gasteiger partial charge in [-0.05, 0) is 61.0 Å². The number of benzene rings is 1. The van der Waals surface area contributed by atoms with Crippen molar-refractivity contribution in [1.29, 1.82) is 0 Å². The summed E-state index contributed by atoms with van der Waals surface area (Å²) >= 11 is 1.81. The highest BCUT2D eigenvalue weighted by Crippen LogP contribution is 2.32. The van der Waals surface area contributed by atoms with E-state index in [-0.39, 0.29) is 0 Å². The summed E-state index contributed by atoms with van der Waals surface area (Å²) in [5, 5.41) is 3.52. The second kappa shape index (κ2) is 4.41. The zero-order valence-corrected chi connectivity index (χ0v) is 10.9. The lowest BCUT2D eigenvalue weighted by atomic mass is 9.92. The summed E-state index contributed by atoms with van der Waals surface area (Å²) in [6.07, 6.45) is 2.19. The van der Waals surface area contributed by atoms with Crippen LogP contribution in [0.15, 0.2) is 29.6 Å². The van der Waals surface area contributed by atoms with E-state index in [1.807, 2.05) is 0 Å². The number of nitrogens with two attached hydrogens (primary N) is 1. The van der Waals surface area contributed by atoms with Crippen LogP contribution in [0.1, 0.15) is 24.4 Å². The molecule has 2 heterocycles. The molecule has 2 aromatic rings. The normalized spacial score (nSPS) is 26.5. The topological polar surface area (TPSA) is 29.3 Å². The van der Waals surface area contributed by atoms with E-state index in [1.54, 1.807) is 11.3 Å². The Balaban J connectivity index is 1.95. The molecule has 0 saturated carbocycles. The number of rotatable bonds is 1. The van der Waals surface area contributed by atoms with Gasteiger partial charge in [-0.2, -0.15) is 0 Å². The van der Waals surface area contributed by atoms with Crippen molar-refractivity contribution in [3.63, 3.8) is 0 Å². The largest absolute Gasteiger partial charge is 0.328 e. The molecule has 90 valence electrons. The number of hydrogen-bond donors (Lipinski definition) is 1. The second-order valence-electron chi connectivity index (χ2n) is 5.00. The molecule has 0 aliphatic carbocycles. The maximum atomic E-state index is 6.09. The number of likely N-dealkylation sites (tertiary alicyclic amines) is 1. The van der Waals surface area contributed by atoms with Crippen molar-refractivity contribution in [2.24, 2.45) is 5.73 Å². The van der Waals surface area contributed by atoms with Gasteiger partial charge in [-0.15, -0.1) is 11.3 Å². The molecule has 1 fully saturated rings. The van der Waals surface area contributed by atoms with Gasteiger partial charge in [0.15, 0.2) is 0 Å². The van der Waals surface area contributed by atoms with Gasteiger partial charge >= 0.3 is 0 Å². The summed E-state index contributed by atoms with van der Waals surface area (Å²) in [5.74, 6) is 0. The minimum absolute atomic E-state index is 0.356. The second-order valence-corrected chi connectivity index (χ2v) is 5.95. The Morgan fingerprint density at radius 2 is 2.24 bits per heavy atom. The van der Waals surface area contributed by atoms with Crippen molar-refractivity contribution < 1.29 is 0 Å². The lowest BCUT2D eigenvalue weighted by molar-refractivity contribution is 0.171. The summed E-state index contributed by atoms with van der Waals surface area (Å²) in [4.78, 5) is 2.43. The highest BCUT2D eigenvalue weighted by molar-refractivity contribution is 7.17. The van der Waals surface area contributed by atoms with Gasteiger partial charge in [0.2, 0.25) is 0 Å². The molecule has 3 heteroatoms. The van der Waals surface area contributed by atoms with Gasteiger partial charge in [0.05, 0.1) is 0 Å². The molecular weight excluding hydrogens is 228 g/mol. The van der Waals surface area contributed by atoms with Gasteiger partial charge in [-0.25, -0.2) is 0 Å². The predicted octanol–water partition coefficient (Wildman–Crippen LogP) is 3.00. The van der Waals surface area contributed by atoms with E-state index in [9.17, 15) is 0 Å². The van der Waals surface area contributed by atoms with Crippen LogP contribution >= 0.6 is 11.3 Å². The minimum atomic E-state index is 0.356. The average molecular weight is 246 g/mol. The van der Waals surface area contributed by atoms with Crippen LogP contribution in [0.5, 0.6) is 0 Å². The Bertz CT molecular complexity index is 520. The van der Waals surface area contributed by atoms with Crippen molar-refractivity contribution in [2.45, 2.75) is 24.9 Å². The fourth-order valence-electron chi connectivity index (χ4n) is 2.69. The fourth-order valence-corrected chi connectivity index (χ4v) is 3.46. The molecule has 17 heavy (non-hydrogen) atoms. The average Bonchev–Trinajstić information content (AvgIpc) is 2.79. The quantitative estimate of drug-likeness (QED) is 0.838. The first-order valence-electron chi connectivity index (χ1n) is 6.17. The summed E-state index contributed by atoms with van der Waals surface area (Å²) in [5.41, 5.74) is 7.50. The van der Waals surface area contributed by atoms with Crippen LogP contribution < -0.4 is 5.73 Å². The van der Waals surface area contributed by atoms with E-state index in [0.717, 1.165) is 19.4 Å². The number of piperidine rings is 1. The molecule has 1 saturated heterocycles. The highest BCUT2D eigenvalue weighted by atomic mass is 32.1. The van der Waals surface area contributed by atoms with Gasteiger partial charge < -0.3 is 5.73 Å². The third kappa shape index (κ3) is 2.10. The lowest BCUT2D eigenvalue weighted by Gasteiger charge is -2.36. The smallest absolute Gasteiger partial charge is 0.0360 e. The van der Waals surface area contributed by atoms with E-state index in [0.29, 0.717) is 12.1 Å². The first-order chi connectivity index (χ1) is 8.24. The Hall–Kier alpha value is -0.900.